The summed E-state index contributed by atoms with van der Waals surface area (Å²) in [5.74, 6) is -0.979. The van der Waals surface area contributed by atoms with E-state index in [-0.39, 0.29) is 11.4 Å². The molecule has 0 atom stereocenters. The average molecular weight is 348 g/mol. The van der Waals surface area contributed by atoms with Crippen molar-refractivity contribution in [1.82, 2.24) is 10.5 Å². The van der Waals surface area contributed by atoms with Gasteiger partial charge in [-0.1, -0.05) is 22.8 Å². The van der Waals surface area contributed by atoms with Gasteiger partial charge in [0.25, 0.3) is 5.91 Å². The summed E-state index contributed by atoms with van der Waals surface area (Å²) < 4.78 is 41.4. The SMILES string of the molecule is Cc1cc(C)c(-c2onc(C(=O)NCC(F)(F)F)c2N)cc1Cl. The van der Waals surface area contributed by atoms with Gasteiger partial charge in [-0.15, -0.1) is 0 Å². The second kappa shape index (κ2) is 6.11. The van der Waals surface area contributed by atoms with E-state index in [0.29, 0.717) is 10.6 Å². The largest absolute Gasteiger partial charge is 0.405 e. The molecule has 0 fully saturated rings. The Hall–Kier alpha value is -2.22. The van der Waals surface area contributed by atoms with Crippen LogP contribution in [0.3, 0.4) is 0 Å². The zero-order valence-corrected chi connectivity index (χ0v) is 13.0. The molecule has 1 aromatic heterocycles. The molecule has 2 aromatic rings. The summed E-state index contributed by atoms with van der Waals surface area (Å²) in [4.78, 5) is 11.7. The van der Waals surface area contributed by atoms with Gasteiger partial charge >= 0.3 is 6.18 Å². The molecule has 0 aliphatic heterocycles. The Balaban J connectivity index is 2.33. The molecule has 124 valence electrons. The maximum Gasteiger partial charge on any atom is 0.405 e. The Labute approximate surface area is 134 Å². The number of rotatable bonds is 3. The molecule has 1 amide bonds. The highest BCUT2D eigenvalue weighted by Crippen LogP contribution is 2.34. The number of alkyl halides is 3. The van der Waals surface area contributed by atoms with Gasteiger partial charge in [-0.3, -0.25) is 4.79 Å². The summed E-state index contributed by atoms with van der Waals surface area (Å²) in [6.45, 7) is 2.12. The minimum Gasteiger partial charge on any atom is -0.394 e. The predicted octanol–water partition coefficient (Wildman–Crippen LogP) is 3.49. The van der Waals surface area contributed by atoms with Gasteiger partial charge in [0.15, 0.2) is 11.5 Å². The van der Waals surface area contributed by atoms with Gasteiger partial charge in [-0.2, -0.15) is 13.2 Å². The fourth-order valence-electron chi connectivity index (χ4n) is 1.99. The van der Waals surface area contributed by atoms with Crippen molar-refractivity contribution in [3.8, 4) is 11.3 Å². The van der Waals surface area contributed by atoms with E-state index in [2.05, 4.69) is 5.16 Å². The molecular weight excluding hydrogens is 335 g/mol. The zero-order valence-electron chi connectivity index (χ0n) is 12.2. The molecule has 0 bridgehead atoms. The van der Waals surface area contributed by atoms with Crippen molar-refractivity contribution in [3.05, 3.63) is 34.0 Å². The third-order valence-electron chi connectivity index (χ3n) is 3.14. The van der Waals surface area contributed by atoms with Crippen LogP contribution in [0.25, 0.3) is 11.3 Å². The third-order valence-corrected chi connectivity index (χ3v) is 3.55. The molecule has 5 nitrogen and oxygen atoms in total. The number of benzene rings is 1. The smallest absolute Gasteiger partial charge is 0.394 e. The molecule has 1 aromatic carbocycles. The standard InChI is InChI=1S/C14H13ClF3N3O2/c1-6-3-7(2)9(15)4-8(6)12-10(19)11(21-23-12)13(22)20-5-14(16,17)18/h3-4H,5,19H2,1-2H3,(H,20,22). The fourth-order valence-corrected chi connectivity index (χ4v) is 2.15. The van der Waals surface area contributed by atoms with Crippen molar-refractivity contribution in [2.24, 2.45) is 0 Å². The first-order chi connectivity index (χ1) is 10.6. The topological polar surface area (TPSA) is 81.2 Å². The van der Waals surface area contributed by atoms with Gasteiger partial charge in [0.05, 0.1) is 0 Å². The van der Waals surface area contributed by atoms with Crippen molar-refractivity contribution in [1.29, 1.82) is 0 Å². The summed E-state index contributed by atoms with van der Waals surface area (Å²) in [6.07, 6.45) is -4.53. The Morgan fingerprint density at radius 3 is 2.61 bits per heavy atom. The number of hydrogen-bond acceptors (Lipinski definition) is 4. The number of nitrogens with two attached hydrogens (primary N) is 1. The van der Waals surface area contributed by atoms with Crippen LogP contribution < -0.4 is 11.1 Å². The van der Waals surface area contributed by atoms with E-state index in [1.807, 2.05) is 6.92 Å². The molecule has 0 aliphatic carbocycles. The number of aromatic nitrogens is 1. The van der Waals surface area contributed by atoms with Crippen LogP contribution in [0, 0.1) is 13.8 Å². The molecule has 0 radical (unpaired) electrons. The van der Waals surface area contributed by atoms with Crippen molar-refractivity contribution in [2.75, 3.05) is 12.3 Å². The summed E-state index contributed by atoms with van der Waals surface area (Å²) in [5, 5.41) is 5.61. The highest BCUT2D eigenvalue weighted by atomic mass is 35.5. The van der Waals surface area contributed by atoms with Crippen LogP contribution in [0.15, 0.2) is 16.7 Å². The van der Waals surface area contributed by atoms with Gasteiger partial charge in [-0.25, -0.2) is 0 Å². The second-order valence-electron chi connectivity index (χ2n) is 4.99. The Morgan fingerprint density at radius 2 is 2.00 bits per heavy atom. The molecule has 0 saturated heterocycles. The summed E-state index contributed by atoms with van der Waals surface area (Å²) in [5.41, 5.74) is 7.37. The number of carbonyl (C=O) groups is 1. The van der Waals surface area contributed by atoms with E-state index in [4.69, 9.17) is 21.9 Å². The zero-order chi connectivity index (χ0) is 17.4. The highest BCUT2D eigenvalue weighted by Gasteiger charge is 2.30. The van der Waals surface area contributed by atoms with Crippen LogP contribution in [0.2, 0.25) is 5.02 Å². The molecule has 0 spiro atoms. The second-order valence-corrected chi connectivity index (χ2v) is 5.40. The molecule has 23 heavy (non-hydrogen) atoms. The van der Waals surface area contributed by atoms with Crippen LogP contribution in [0.1, 0.15) is 21.6 Å². The van der Waals surface area contributed by atoms with Crippen LogP contribution >= 0.6 is 11.6 Å². The van der Waals surface area contributed by atoms with Gasteiger partial charge in [0.1, 0.15) is 12.2 Å². The monoisotopic (exact) mass is 347 g/mol. The lowest BCUT2D eigenvalue weighted by molar-refractivity contribution is -0.123. The molecule has 3 N–H and O–H groups in total. The van der Waals surface area contributed by atoms with Crippen molar-refractivity contribution in [3.63, 3.8) is 0 Å². The van der Waals surface area contributed by atoms with Crippen LogP contribution in [-0.2, 0) is 0 Å². The first kappa shape index (κ1) is 17.1. The van der Waals surface area contributed by atoms with E-state index in [0.717, 1.165) is 11.1 Å². The minimum absolute atomic E-state index is 0.0848. The van der Waals surface area contributed by atoms with Gasteiger partial charge in [0.2, 0.25) is 0 Å². The van der Waals surface area contributed by atoms with Gasteiger partial charge < -0.3 is 15.6 Å². The Morgan fingerprint density at radius 1 is 1.35 bits per heavy atom. The van der Waals surface area contributed by atoms with Gasteiger partial charge in [-0.05, 0) is 31.0 Å². The molecule has 0 saturated carbocycles. The van der Waals surface area contributed by atoms with E-state index < -0.39 is 24.3 Å². The van der Waals surface area contributed by atoms with Crippen molar-refractivity contribution >= 4 is 23.2 Å². The molecule has 0 aliphatic rings. The van der Waals surface area contributed by atoms with Crippen molar-refractivity contribution < 1.29 is 22.5 Å². The number of aryl methyl sites for hydroxylation is 2. The quantitative estimate of drug-likeness (QED) is 0.890. The Bertz CT molecular complexity index is 756. The summed E-state index contributed by atoms with van der Waals surface area (Å²) >= 11 is 6.05. The average Bonchev–Trinajstić information content (AvgIpc) is 2.81. The number of nitrogens with zero attached hydrogens (tertiary/aromatic N) is 1. The lowest BCUT2D eigenvalue weighted by Crippen LogP contribution is -2.34. The lowest BCUT2D eigenvalue weighted by Gasteiger charge is -2.07. The third kappa shape index (κ3) is 3.76. The number of carbonyl (C=O) groups excluding carboxylic acids is 1. The number of anilines is 1. The van der Waals surface area contributed by atoms with E-state index in [9.17, 15) is 18.0 Å². The van der Waals surface area contributed by atoms with E-state index in [1.54, 1.807) is 24.4 Å². The predicted molar refractivity (Wildman–Crippen MR) is 79.2 cm³/mol. The first-order valence-corrected chi connectivity index (χ1v) is 6.85. The number of nitrogens with one attached hydrogen (secondary N) is 1. The fraction of sp³-hybridized carbons (Fsp3) is 0.286. The normalized spacial score (nSPS) is 11.6. The van der Waals surface area contributed by atoms with Crippen LogP contribution in [0.5, 0.6) is 0 Å². The minimum atomic E-state index is -4.53. The number of nitrogen functional groups attached to an aromatic ring is 1. The maximum atomic E-state index is 12.1. The summed E-state index contributed by atoms with van der Waals surface area (Å²) in [6, 6.07) is 3.39. The molecular formula is C14H13ClF3N3O2. The van der Waals surface area contributed by atoms with Crippen LogP contribution in [-0.4, -0.2) is 23.8 Å². The lowest BCUT2D eigenvalue weighted by atomic mass is 10.0. The first-order valence-electron chi connectivity index (χ1n) is 6.47. The van der Waals surface area contributed by atoms with E-state index in [1.165, 1.54) is 0 Å². The van der Waals surface area contributed by atoms with Crippen LogP contribution in [0.4, 0.5) is 18.9 Å². The molecule has 0 unspecified atom stereocenters. The van der Waals surface area contributed by atoms with Crippen molar-refractivity contribution in [2.45, 2.75) is 20.0 Å². The number of amides is 1. The molecule has 2 rings (SSSR count). The maximum absolute atomic E-state index is 12.1. The Kier molecular flexibility index (Phi) is 4.56. The highest BCUT2D eigenvalue weighted by molar-refractivity contribution is 6.31. The summed E-state index contributed by atoms with van der Waals surface area (Å²) in [7, 11) is 0. The number of halogens is 4. The molecule has 1 heterocycles. The van der Waals surface area contributed by atoms with E-state index >= 15 is 0 Å². The number of hydrogen-bond donors (Lipinski definition) is 2. The van der Waals surface area contributed by atoms with Gasteiger partial charge in [0, 0.05) is 10.6 Å². The molecule has 9 heteroatoms.